The summed E-state index contributed by atoms with van der Waals surface area (Å²) in [6.07, 6.45) is 1.46. The molecule has 0 saturated carbocycles. The number of rotatable bonds is 2. The van der Waals surface area contributed by atoms with Crippen molar-refractivity contribution in [1.82, 2.24) is 0 Å². The Morgan fingerprint density at radius 3 is 2.67 bits per heavy atom. The van der Waals surface area contributed by atoms with Gasteiger partial charge >= 0.3 is 0 Å². The molecule has 1 aromatic carbocycles. The lowest BCUT2D eigenvalue weighted by atomic mass is 10.1. The van der Waals surface area contributed by atoms with Crippen LogP contribution in [0.15, 0.2) is 18.2 Å². The van der Waals surface area contributed by atoms with Gasteiger partial charge in [0.2, 0.25) is 0 Å². The molecule has 0 aliphatic heterocycles. The molecule has 0 fully saturated rings. The number of allylic oxidation sites excluding steroid dienone is 1. The minimum absolute atomic E-state index is 0.0156. The monoisotopic (exact) mass is 227 g/mol. The maximum atomic E-state index is 10.7. The second-order valence-corrected chi connectivity index (χ2v) is 3.46. The largest absolute Gasteiger partial charge is 0.508 e. The Morgan fingerprint density at radius 1 is 1.60 bits per heavy atom. The predicted molar refractivity (Wildman–Crippen MR) is 59.1 cm³/mol. The summed E-state index contributed by atoms with van der Waals surface area (Å²) in [6, 6.07) is 2.77. The van der Waals surface area contributed by atoms with E-state index in [0.29, 0.717) is 11.1 Å². The standard InChI is InChI=1S/C10H10ClNO3/c1-3-10(13)8-4-7(11)5-9(6(8)2)12(14)15/h3-5,13H,1-2H3. The molecule has 0 unspecified atom stereocenters. The summed E-state index contributed by atoms with van der Waals surface area (Å²) in [5.41, 5.74) is 0.697. The van der Waals surface area contributed by atoms with Crippen molar-refractivity contribution in [2.24, 2.45) is 0 Å². The summed E-state index contributed by atoms with van der Waals surface area (Å²) in [6.45, 7) is 3.21. The van der Waals surface area contributed by atoms with Crippen LogP contribution in [0.4, 0.5) is 5.69 Å². The molecule has 5 heteroatoms. The summed E-state index contributed by atoms with van der Waals surface area (Å²) < 4.78 is 0. The van der Waals surface area contributed by atoms with Crippen LogP contribution in [0.25, 0.3) is 5.76 Å². The van der Waals surface area contributed by atoms with Crippen LogP contribution >= 0.6 is 11.6 Å². The van der Waals surface area contributed by atoms with Crippen molar-refractivity contribution in [2.75, 3.05) is 0 Å². The number of aliphatic hydroxyl groups excluding tert-OH is 1. The highest BCUT2D eigenvalue weighted by Gasteiger charge is 2.17. The summed E-state index contributed by atoms with van der Waals surface area (Å²) in [5, 5.41) is 20.4. The molecule has 0 heterocycles. The van der Waals surface area contributed by atoms with Gasteiger partial charge in [0.25, 0.3) is 5.69 Å². The molecular weight excluding hydrogens is 218 g/mol. The molecule has 0 aromatic heterocycles. The highest BCUT2D eigenvalue weighted by Crippen LogP contribution is 2.29. The Labute approximate surface area is 92.0 Å². The van der Waals surface area contributed by atoms with Gasteiger partial charge in [0, 0.05) is 22.2 Å². The van der Waals surface area contributed by atoms with E-state index < -0.39 is 4.92 Å². The van der Waals surface area contributed by atoms with Gasteiger partial charge in [-0.25, -0.2) is 0 Å². The van der Waals surface area contributed by atoms with E-state index in [1.54, 1.807) is 13.8 Å². The van der Waals surface area contributed by atoms with Gasteiger partial charge in [0.15, 0.2) is 0 Å². The SMILES string of the molecule is CC=C(O)c1cc(Cl)cc([N+](=O)[O-])c1C. The van der Waals surface area contributed by atoms with E-state index >= 15 is 0 Å². The van der Waals surface area contributed by atoms with Crippen LogP contribution in [-0.2, 0) is 0 Å². The zero-order valence-corrected chi connectivity index (χ0v) is 9.08. The Bertz CT molecular complexity index is 441. The molecule has 0 saturated heterocycles. The lowest BCUT2D eigenvalue weighted by Gasteiger charge is -2.06. The molecule has 0 aliphatic carbocycles. The van der Waals surface area contributed by atoms with E-state index in [0.717, 1.165) is 0 Å². The number of hydrogen-bond acceptors (Lipinski definition) is 3. The van der Waals surface area contributed by atoms with Crippen molar-refractivity contribution in [3.05, 3.63) is 44.5 Å². The molecule has 80 valence electrons. The third-order valence-corrected chi connectivity index (χ3v) is 2.31. The van der Waals surface area contributed by atoms with E-state index in [1.807, 2.05) is 0 Å². The van der Waals surface area contributed by atoms with Crippen LogP contribution in [0.5, 0.6) is 0 Å². The van der Waals surface area contributed by atoms with Gasteiger partial charge in [0.05, 0.1) is 4.92 Å². The summed E-state index contributed by atoms with van der Waals surface area (Å²) >= 11 is 5.72. The van der Waals surface area contributed by atoms with E-state index in [-0.39, 0.29) is 16.5 Å². The molecule has 0 atom stereocenters. The summed E-state index contributed by atoms with van der Waals surface area (Å²) in [4.78, 5) is 10.2. The number of halogens is 1. The Morgan fingerprint density at radius 2 is 2.20 bits per heavy atom. The summed E-state index contributed by atoms with van der Waals surface area (Å²) in [5.74, 6) is -0.0156. The van der Waals surface area contributed by atoms with Crippen molar-refractivity contribution in [2.45, 2.75) is 13.8 Å². The van der Waals surface area contributed by atoms with Crippen LogP contribution in [0.3, 0.4) is 0 Å². The highest BCUT2D eigenvalue weighted by molar-refractivity contribution is 6.31. The van der Waals surface area contributed by atoms with Crippen LogP contribution in [-0.4, -0.2) is 10.0 Å². The van der Waals surface area contributed by atoms with Gasteiger partial charge in [-0.1, -0.05) is 11.6 Å². The number of nitrogens with zero attached hydrogens (tertiary/aromatic N) is 1. The van der Waals surface area contributed by atoms with Crippen LogP contribution in [0.2, 0.25) is 5.02 Å². The fraction of sp³-hybridized carbons (Fsp3) is 0.200. The third-order valence-electron chi connectivity index (χ3n) is 2.09. The maximum absolute atomic E-state index is 10.7. The number of nitro groups is 1. The topological polar surface area (TPSA) is 63.4 Å². The van der Waals surface area contributed by atoms with Crippen molar-refractivity contribution in [1.29, 1.82) is 0 Å². The first-order valence-electron chi connectivity index (χ1n) is 4.27. The van der Waals surface area contributed by atoms with Gasteiger partial charge in [-0.15, -0.1) is 0 Å². The Hall–Kier alpha value is -1.55. The molecule has 1 aromatic rings. The Balaban J connectivity index is 3.48. The fourth-order valence-corrected chi connectivity index (χ4v) is 1.49. The van der Waals surface area contributed by atoms with Crippen LogP contribution in [0.1, 0.15) is 18.1 Å². The molecule has 0 radical (unpaired) electrons. The minimum Gasteiger partial charge on any atom is -0.508 e. The molecule has 1 N–H and O–H groups in total. The van der Waals surface area contributed by atoms with E-state index in [2.05, 4.69) is 0 Å². The number of hydrogen-bond donors (Lipinski definition) is 1. The first kappa shape index (κ1) is 11.5. The lowest BCUT2D eigenvalue weighted by molar-refractivity contribution is -0.385. The third kappa shape index (κ3) is 2.27. The first-order chi connectivity index (χ1) is 6.97. The van der Waals surface area contributed by atoms with Gasteiger partial charge < -0.3 is 5.11 Å². The predicted octanol–water partition coefficient (Wildman–Crippen LogP) is 3.48. The highest BCUT2D eigenvalue weighted by atomic mass is 35.5. The van der Waals surface area contributed by atoms with Crippen molar-refractivity contribution >= 4 is 23.0 Å². The second kappa shape index (κ2) is 4.31. The molecule has 0 spiro atoms. The van der Waals surface area contributed by atoms with Crippen molar-refractivity contribution in [3.63, 3.8) is 0 Å². The van der Waals surface area contributed by atoms with E-state index in [9.17, 15) is 15.2 Å². The first-order valence-corrected chi connectivity index (χ1v) is 4.65. The molecule has 0 aliphatic rings. The van der Waals surface area contributed by atoms with Gasteiger partial charge in [-0.2, -0.15) is 0 Å². The number of benzene rings is 1. The molecule has 0 amide bonds. The fourth-order valence-electron chi connectivity index (χ4n) is 1.28. The lowest BCUT2D eigenvalue weighted by Crippen LogP contribution is -1.96. The number of aliphatic hydroxyl groups is 1. The number of nitro benzene ring substituents is 1. The minimum atomic E-state index is -0.520. The summed E-state index contributed by atoms with van der Waals surface area (Å²) in [7, 11) is 0. The Kier molecular flexibility index (Phi) is 3.31. The van der Waals surface area contributed by atoms with Gasteiger partial charge in [0.1, 0.15) is 5.76 Å². The second-order valence-electron chi connectivity index (χ2n) is 3.03. The van der Waals surface area contributed by atoms with Gasteiger partial charge in [-0.05, 0) is 26.0 Å². The van der Waals surface area contributed by atoms with E-state index in [4.69, 9.17) is 11.6 Å². The molecule has 0 bridgehead atoms. The molecule has 4 nitrogen and oxygen atoms in total. The smallest absolute Gasteiger partial charge is 0.274 e. The average Bonchev–Trinajstić information content (AvgIpc) is 2.19. The van der Waals surface area contributed by atoms with Crippen molar-refractivity contribution < 1.29 is 10.0 Å². The zero-order valence-electron chi connectivity index (χ0n) is 8.32. The maximum Gasteiger partial charge on any atom is 0.274 e. The average molecular weight is 228 g/mol. The van der Waals surface area contributed by atoms with Crippen LogP contribution in [0, 0.1) is 17.0 Å². The molecule has 15 heavy (non-hydrogen) atoms. The van der Waals surface area contributed by atoms with Crippen LogP contribution < -0.4 is 0 Å². The van der Waals surface area contributed by atoms with E-state index in [1.165, 1.54) is 18.2 Å². The quantitative estimate of drug-likeness (QED) is 0.478. The molecular formula is C10H10ClNO3. The van der Waals surface area contributed by atoms with Gasteiger partial charge in [-0.3, -0.25) is 10.1 Å². The normalized spacial score (nSPS) is 11.5. The van der Waals surface area contributed by atoms with Crippen molar-refractivity contribution in [3.8, 4) is 0 Å². The zero-order chi connectivity index (χ0) is 11.6. The molecule has 1 rings (SSSR count).